The van der Waals surface area contributed by atoms with E-state index in [0.29, 0.717) is 19.6 Å². The van der Waals surface area contributed by atoms with Crippen molar-refractivity contribution in [3.63, 3.8) is 0 Å². The molecule has 0 spiro atoms. The van der Waals surface area contributed by atoms with Gasteiger partial charge in [-0.15, -0.1) is 0 Å². The molecule has 1 aromatic rings. The van der Waals surface area contributed by atoms with E-state index in [1.165, 1.54) is 0 Å². The van der Waals surface area contributed by atoms with Gasteiger partial charge < -0.3 is 10.1 Å². The van der Waals surface area contributed by atoms with Crippen molar-refractivity contribution in [3.05, 3.63) is 35.9 Å². The maximum absolute atomic E-state index is 12.3. The summed E-state index contributed by atoms with van der Waals surface area (Å²) >= 11 is 0. The summed E-state index contributed by atoms with van der Waals surface area (Å²) in [5, 5.41) is 11.3. The van der Waals surface area contributed by atoms with Gasteiger partial charge in [0.2, 0.25) is 0 Å². The molecule has 1 heterocycles. The van der Waals surface area contributed by atoms with Crippen LogP contribution in [-0.4, -0.2) is 35.5 Å². The number of hydrogen-bond acceptors (Lipinski definition) is 4. The molecular formula is C16H19N3O3. The van der Waals surface area contributed by atoms with Crippen LogP contribution in [0.3, 0.4) is 0 Å². The largest absolute Gasteiger partial charge is 0.377 e. The van der Waals surface area contributed by atoms with E-state index in [0.717, 1.165) is 10.5 Å². The van der Waals surface area contributed by atoms with E-state index < -0.39 is 11.6 Å². The van der Waals surface area contributed by atoms with Crippen molar-refractivity contribution in [1.29, 1.82) is 5.26 Å². The molecule has 1 aliphatic heterocycles. The highest BCUT2D eigenvalue weighted by Gasteiger charge is 2.47. The van der Waals surface area contributed by atoms with Gasteiger partial charge in [0.05, 0.1) is 19.1 Å². The first-order valence-corrected chi connectivity index (χ1v) is 7.19. The van der Waals surface area contributed by atoms with Gasteiger partial charge in [-0.2, -0.15) is 5.26 Å². The zero-order valence-corrected chi connectivity index (χ0v) is 12.5. The molecule has 1 fully saturated rings. The van der Waals surface area contributed by atoms with E-state index in [1.54, 1.807) is 6.92 Å². The lowest BCUT2D eigenvalue weighted by atomic mass is 9.98. The molecule has 1 aromatic carbocycles. The molecule has 0 bridgehead atoms. The first-order valence-electron chi connectivity index (χ1n) is 7.19. The molecule has 0 aromatic heterocycles. The zero-order chi connectivity index (χ0) is 16.0. The van der Waals surface area contributed by atoms with Crippen molar-refractivity contribution in [2.24, 2.45) is 0 Å². The molecule has 2 rings (SSSR count). The molecule has 22 heavy (non-hydrogen) atoms. The molecule has 1 N–H and O–H groups in total. The summed E-state index contributed by atoms with van der Waals surface area (Å²) in [4.78, 5) is 25.2. The predicted octanol–water partition coefficient (Wildman–Crippen LogP) is 1.82. The smallest absolute Gasteiger partial charge is 0.325 e. The number of nitriles is 1. The minimum absolute atomic E-state index is 0.127. The summed E-state index contributed by atoms with van der Waals surface area (Å²) in [6, 6.07) is 11.2. The topological polar surface area (TPSA) is 82.4 Å². The Labute approximate surface area is 129 Å². The highest BCUT2D eigenvalue weighted by atomic mass is 16.5. The Bertz CT molecular complexity index is 582. The highest BCUT2D eigenvalue weighted by Crippen LogP contribution is 2.21. The van der Waals surface area contributed by atoms with Crippen LogP contribution in [0.1, 0.15) is 25.3 Å². The van der Waals surface area contributed by atoms with Crippen LogP contribution in [0.2, 0.25) is 0 Å². The lowest BCUT2D eigenvalue weighted by Gasteiger charge is -2.21. The molecule has 116 valence electrons. The Morgan fingerprint density at radius 3 is 2.73 bits per heavy atom. The van der Waals surface area contributed by atoms with Crippen LogP contribution < -0.4 is 5.32 Å². The van der Waals surface area contributed by atoms with Gasteiger partial charge in [0.15, 0.2) is 0 Å². The number of carbonyl (C=O) groups excluding carboxylic acids is 2. The zero-order valence-electron chi connectivity index (χ0n) is 12.5. The monoisotopic (exact) mass is 301 g/mol. The minimum Gasteiger partial charge on any atom is -0.377 e. The van der Waals surface area contributed by atoms with Crippen molar-refractivity contribution < 1.29 is 14.3 Å². The van der Waals surface area contributed by atoms with E-state index in [4.69, 9.17) is 10.00 Å². The quantitative estimate of drug-likeness (QED) is 0.615. The number of urea groups is 1. The van der Waals surface area contributed by atoms with Crippen LogP contribution in [0.25, 0.3) is 0 Å². The second kappa shape index (κ2) is 7.05. The van der Waals surface area contributed by atoms with Gasteiger partial charge in [-0.25, -0.2) is 4.79 Å². The van der Waals surface area contributed by atoms with Gasteiger partial charge in [0.25, 0.3) is 5.91 Å². The maximum Gasteiger partial charge on any atom is 0.325 e. The fourth-order valence-electron chi connectivity index (χ4n) is 2.32. The molecule has 1 aliphatic rings. The van der Waals surface area contributed by atoms with Gasteiger partial charge in [0, 0.05) is 19.6 Å². The molecule has 0 radical (unpaired) electrons. The van der Waals surface area contributed by atoms with E-state index in [-0.39, 0.29) is 18.9 Å². The van der Waals surface area contributed by atoms with Gasteiger partial charge in [-0.1, -0.05) is 30.3 Å². The van der Waals surface area contributed by atoms with Gasteiger partial charge in [-0.05, 0) is 12.5 Å². The Balaban J connectivity index is 1.83. The molecule has 3 amide bonds. The Morgan fingerprint density at radius 1 is 1.32 bits per heavy atom. The number of imide groups is 1. The molecule has 0 aliphatic carbocycles. The number of amides is 3. The van der Waals surface area contributed by atoms with Gasteiger partial charge >= 0.3 is 6.03 Å². The Kier molecular flexibility index (Phi) is 5.12. The number of nitrogens with one attached hydrogen (secondary N) is 1. The average molecular weight is 301 g/mol. The second-order valence-corrected chi connectivity index (χ2v) is 5.42. The summed E-state index contributed by atoms with van der Waals surface area (Å²) < 4.78 is 5.57. The summed E-state index contributed by atoms with van der Waals surface area (Å²) in [5.74, 6) is -0.295. The van der Waals surface area contributed by atoms with Crippen molar-refractivity contribution >= 4 is 11.9 Å². The van der Waals surface area contributed by atoms with Crippen LogP contribution in [0, 0.1) is 11.3 Å². The van der Waals surface area contributed by atoms with Crippen molar-refractivity contribution in [1.82, 2.24) is 10.2 Å². The first kappa shape index (κ1) is 16.0. The third-order valence-electron chi connectivity index (χ3n) is 3.65. The van der Waals surface area contributed by atoms with E-state index in [2.05, 4.69) is 5.32 Å². The first-order chi connectivity index (χ1) is 10.6. The number of ether oxygens (including phenoxy) is 1. The number of nitrogens with zero attached hydrogens (tertiary/aromatic N) is 2. The molecule has 6 nitrogen and oxygen atoms in total. The Morgan fingerprint density at radius 2 is 2.05 bits per heavy atom. The molecule has 1 atom stereocenters. The van der Waals surface area contributed by atoms with Crippen LogP contribution >= 0.6 is 0 Å². The highest BCUT2D eigenvalue weighted by molar-refractivity contribution is 6.06. The second-order valence-electron chi connectivity index (χ2n) is 5.42. The van der Waals surface area contributed by atoms with Crippen LogP contribution in [0.4, 0.5) is 4.79 Å². The maximum atomic E-state index is 12.3. The molecule has 0 unspecified atom stereocenters. The lowest BCUT2D eigenvalue weighted by molar-refractivity contribution is -0.131. The standard InChI is InChI=1S/C16H19N3O3/c1-16(8-11-22-12-13-6-3-2-4-7-13)14(20)19(10-5-9-17)15(21)18-16/h2-4,6-7H,5,8,10-12H2,1H3,(H,18,21)/t16-/m0/s1. The molecule has 6 heteroatoms. The third kappa shape index (κ3) is 3.62. The van der Waals surface area contributed by atoms with Crippen molar-refractivity contribution in [3.8, 4) is 6.07 Å². The fourth-order valence-corrected chi connectivity index (χ4v) is 2.32. The fraction of sp³-hybridized carbons (Fsp3) is 0.438. The predicted molar refractivity (Wildman–Crippen MR) is 79.6 cm³/mol. The molecular weight excluding hydrogens is 282 g/mol. The third-order valence-corrected chi connectivity index (χ3v) is 3.65. The Hall–Kier alpha value is -2.39. The molecule has 1 saturated heterocycles. The summed E-state index contributed by atoms with van der Waals surface area (Å²) in [6.07, 6.45) is 0.535. The van der Waals surface area contributed by atoms with Crippen molar-refractivity contribution in [2.75, 3.05) is 13.2 Å². The number of carbonyl (C=O) groups is 2. The number of hydrogen-bond donors (Lipinski definition) is 1. The van der Waals surface area contributed by atoms with Crippen LogP contribution in [0.5, 0.6) is 0 Å². The van der Waals surface area contributed by atoms with E-state index in [1.807, 2.05) is 36.4 Å². The summed E-state index contributed by atoms with van der Waals surface area (Å²) in [7, 11) is 0. The van der Waals surface area contributed by atoms with Gasteiger partial charge in [-0.3, -0.25) is 9.69 Å². The van der Waals surface area contributed by atoms with Gasteiger partial charge in [0.1, 0.15) is 5.54 Å². The molecule has 0 saturated carbocycles. The van der Waals surface area contributed by atoms with Crippen LogP contribution in [0.15, 0.2) is 30.3 Å². The van der Waals surface area contributed by atoms with Crippen LogP contribution in [-0.2, 0) is 16.1 Å². The lowest BCUT2D eigenvalue weighted by Crippen LogP contribution is -2.44. The van der Waals surface area contributed by atoms with Crippen molar-refractivity contribution in [2.45, 2.75) is 31.9 Å². The number of rotatable bonds is 7. The van der Waals surface area contributed by atoms with E-state index in [9.17, 15) is 9.59 Å². The van der Waals surface area contributed by atoms with E-state index >= 15 is 0 Å². The number of benzene rings is 1. The summed E-state index contributed by atoms with van der Waals surface area (Å²) in [5.41, 5.74) is 0.105. The average Bonchev–Trinajstić information content (AvgIpc) is 2.73. The normalized spacial score (nSPS) is 20.8. The summed E-state index contributed by atoms with van der Waals surface area (Å²) in [6.45, 7) is 2.65. The SMILES string of the molecule is C[C@@]1(CCOCc2ccccc2)NC(=O)N(CCC#N)C1=O. The minimum atomic E-state index is -0.955.